The van der Waals surface area contributed by atoms with Crippen LogP contribution in [0, 0.1) is 6.92 Å². The zero-order valence-corrected chi connectivity index (χ0v) is 14.9. The van der Waals surface area contributed by atoms with Gasteiger partial charge in [0.15, 0.2) is 0 Å². The average Bonchev–Trinajstić information content (AvgIpc) is 2.54. The fourth-order valence-corrected chi connectivity index (χ4v) is 2.74. The molecule has 0 aromatic heterocycles. The van der Waals surface area contributed by atoms with Gasteiger partial charge in [-0.05, 0) is 48.9 Å². The maximum atomic E-state index is 10.1. The maximum absolute atomic E-state index is 10.1. The molecule has 0 radical (unpaired) electrons. The van der Waals surface area contributed by atoms with E-state index < -0.39 is 6.10 Å². The number of aryl methyl sites for hydroxylation is 1. The third-order valence-electron chi connectivity index (χ3n) is 4.04. The first-order chi connectivity index (χ1) is 11.0. The number of hydrogen-bond donors (Lipinski definition) is 1. The van der Waals surface area contributed by atoms with Crippen LogP contribution in [0.1, 0.15) is 43.7 Å². The van der Waals surface area contributed by atoms with Gasteiger partial charge in [0.05, 0.1) is 12.7 Å². The summed E-state index contributed by atoms with van der Waals surface area (Å²) >= 11 is 6.19. The van der Waals surface area contributed by atoms with Crippen molar-refractivity contribution in [3.63, 3.8) is 0 Å². The van der Waals surface area contributed by atoms with Crippen molar-refractivity contribution in [3.8, 4) is 5.75 Å². The zero-order valence-electron chi connectivity index (χ0n) is 14.2. The minimum Gasteiger partial charge on any atom is -0.490 e. The van der Waals surface area contributed by atoms with Gasteiger partial charge in [0.1, 0.15) is 18.5 Å². The Labute approximate surface area is 143 Å². The summed E-state index contributed by atoms with van der Waals surface area (Å²) in [5.41, 5.74) is 2.03. The number of aliphatic hydroxyl groups excluding tert-OH is 1. The summed E-state index contributed by atoms with van der Waals surface area (Å²) in [5, 5.41) is 10.8. The molecule has 1 aromatic carbocycles. The predicted molar refractivity (Wildman–Crippen MR) is 91.6 cm³/mol. The molecule has 1 aromatic rings. The molecule has 0 saturated carbocycles. The highest BCUT2D eigenvalue weighted by Crippen LogP contribution is 2.32. The van der Waals surface area contributed by atoms with Gasteiger partial charge >= 0.3 is 0 Å². The topological polar surface area (TPSA) is 47.9 Å². The summed E-state index contributed by atoms with van der Waals surface area (Å²) in [6, 6.07) is 3.88. The second-order valence-electron chi connectivity index (χ2n) is 6.40. The van der Waals surface area contributed by atoms with Gasteiger partial charge in [0.2, 0.25) is 0 Å². The lowest BCUT2D eigenvalue weighted by Gasteiger charge is -2.24. The van der Waals surface area contributed by atoms with Crippen molar-refractivity contribution in [2.45, 2.75) is 51.7 Å². The molecule has 1 N–H and O–H groups in total. The van der Waals surface area contributed by atoms with E-state index in [9.17, 15) is 5.11 Å². The van der Waals surface area contributed by atoms with Crippen molar-refractivity contribution in [3.05, 3.63) is 28.3 Å². The minimum absolute atomic E-state index is 0.183. The second kappa shape index (κ2) is 8.88. The van der Waals surface area contributed by atoms with Crippen molar-refractivity contribution in [2.75, 3.05) is 26.4 Å². The van der Waals surface area contributed by atoms with Gasteiger partial charge in [-0.25, -0.2) is 0 Å². The van der Waals surface area contributed by atoms with Crippen molar-refractivity contribution < 1.29 is 19.3 Å². The fraction of sp³-hybridized carbons (Fsp3) is 0.667. The van der Waals surface area contributed by atoms with E-state index in [-0.39, 0.29) is 19.3 Å². The highest BCUT2D eigenvalue weighted by molar-refractivity contribution is 6.31. The van der Waals surface area contributed by atoms with Gasteiger partial charge in [-0.1, -0.05) is 25.4 Å². The molecule has 0 aliphatic carbocycles. The lowest BCUT2D eigenvalue weighted by atomic mass is 10.0. The Morgan fingerprint density at radius 2 is 1.96 bits per heavy atom. The molecule has 1 atom stereocenters. The van der Waals surface area contributed by atoms with Crippen LogP contribution in [0.3, 0.4) is 0 Å². The Balaban J connectivity index is 1.85. The number of ether oxygens (including phenoxy) is 3. The third-order valence-corrected chi connectivity index (χ3v) is 4.44. The van der Waals surface area contributed by atoms with Crippen LogP contribution in [0.2, 0.25) is 5.02 Å². The zero-order chi connectivity index (χ0) is 16.8. The standard InChI is InChI=1S/C18H27ClO4/c1-12(2)16-9-17(19)13(3)8-18(16)23-11-14(20)10-22-15-4-6-21-7-5-15/h8-9,12,14-15,20H,4-7,10-11H2,1-3H3/t14-/m1/s1. The molecule has 1 aliphatic heterocycles. The van der Waals surface area contributed by atoms with Crippen molar-refractivity contribution in [2.24, 2.45) is 0 Å². The molecule has 1 fully saturated rings. The van der Waals surface area contributed by atoms with Crippen LogP contribution in [0.15, 0.2) is 12.1 Å². The van der Waals surface area contributed by atoms with Crippen molar-refractivity contribution >= 4 is 11.6 Å². The number of rotatable bonds is 7. The quantitative estimate of drug-likeness (QED) is 0.820. The average molecular weight is 343 g/mol. The summed E-state index contributed by atoms with van der Waals surface area (Å²) in [6.45, 7) is 8.11. The van der Waals surface area contributed by atoms with Crippen LogP contribution in [-0.4, -0.2) is 43.7 Å². The van der Waals surface area contributed by atoms with E-state index in [1.54, 1.807) is 0 Å². The highest BCUT2D eigenvalue weighted by Gasteiger charge is 2.17. The molecular formula is C18H27ClO4. The van der Waals surface area contributed by atoms with Crippen LogP contribution in [-0.2, 0) is 9.47 Å². The van der Waals surface area contributed by atoms with E-state index in [4.69, 9.17) is 25.8 Å². The first kappa shape index (κ1) is 18.5. The molecule has 1 saturated heterocycles. The van der Waals surface area contributed by atoms with Gasteiger partial charge in [0.25, 0.3) is 0 Å². The summed E-state index contributed by atoms with van der Waals surface area (Å²) in [6.07, 6.45) is 1.32. The van der Waals surface area contributed by atoms with Gasteiger partial charge in [0, 0.05) is 18.2 Å². The van der Waals surface area contributed by atoms with Crippen LogP contribution < -0.4 is 4.74 Å². The summed E-state index contributed by atoms with van der Waals surface area (Å²) in [4.78, 5) is 0. The van der Waals surface area contributed by atoms with Gasteiger partial charge < -0.3 is 19.3 Å². The van der Waals surface area contributed by atoms with E-state index in [2.05, 4.69) is 13.8 Å². The van der Waals surface area contributed by atoms with Gasteiger partial charge in [-0.2, -0.15) is 0 Å². The number of benzene rings is 1. The molecule has 1 aliphatic rings. The Morgan fingerprint density at radius 3 is 2.61 bits per heavy atom. The number of hydrogen-bond acceptors (Lipinski definition) is 4. The monoisotopic (exact) mass is 342 g/mol. The molecular weight excluding hydrogens is 316 g/mol. The molecule has 1 heterocycles. The lowest BCUT2D eigenvalue weighted by molar-refractivity contribution is -0.0659. The summed E-state index contributed by atoms with van der Waals surface area (Å²) in [7, 11) is 0. The van der Waals surface area contributed by atoms with E-state index in [1.165, 1.54) is 0 Å². The minimum atomic E-state index is -0.645. The Morgan fingerprint density at radius 1 is 1.26 bits per heavy atom. The van der Waals surface area contributed by atoms with Gasteiger partial charge in [-0.15, -0.1) is 0 Å². The van der Waals surface area contributed by atoms with Crippen molar-refractivity contribution in [1.29, 1.82) is 0 Å². The van der Waals surface area contributed by atoms with Crippen LogP contribution in [0.4, 0.5) is 0 Å². The van der Waals surface area contributed by atoms with E-state index >= 15 is 0 Å². The third kappa shape index (κ3) is 5.64. The lowest BCUT2D eigenvalue weighted by Crippen LogP contribution is -2.30. The Bertz CT molecular complexity index is 498. The van der Waals surface area contributed by atoms with E-state index in [1.807, 2.05) is 19.1 Å². The molecule has 0 bridgehead atoms. The highest BCUT2D eigenvalue weighted by atomic mass is 35.5. The van der Waals surface area contributed by atoms with E-state index in [0.717, 1.165) is 48.0 Å². The first-order valence-corrected chi connectivity index (χ1v) is 8.65. The van der Waals surface area contributed by atoms with Crippen LogP contribution in [0.25, 0.3) is 0 Å². The molecule has 23 heavy (non-hydrogen) atoms. The van der Waals surface area contributed by atoms with Gasteiger partial charge in [-0.3, -0.25) is 0 Å². The molecule has 0 spiro atoms. The maximum Gasteiger partial charge on any atom is 0.123 e. The largest absolute Gasteiger partial charge is 0.490 e. The summed E-state index contributed by atoms with van der Waals surface area (Å²) < 4.78 is 16.8. The summed E-state index contributed by atoms with van der Waals surface area (Å²) in [5.74, 6) is 1.09. The Hall–Kier alpha value is -0.810. The Kier molecular flexibility index (Phi) is 7.15. The molecule has 0 unspecified atom stereocenters. The second-order valence-corrected chi connectivity index (χ2v) is 6.81. The molecule has 4 nitrogen and oxygen atoms in total. The molecule has 130 valence electrons. The van der Waals surface area contributed by atoms with E-state index in [0.29, 0.717) is 5.92 Å². The predicted octanol–water partition coefficient (Wildman–Crippen LogP) is 3.71. The SMILES string of the molecule is Cc1cc(OC[C@H](O)COC2CCOCC2)c(C(C)C)cc1Cl. The van der Waals surface area contributed by atoms with Crippen molar-refractivity contribution in [1.82, 2.24) is 0 Å². The number of halogens is 1. The number of aliphatic hydroxyl groups is 1. The normalized spacial score (nSPS) is 17.5. The smallest absolute Gasteiger partial charge is 0.123 e. The molecule has 5 heteroatoms. The first-order valence-electron chi connectivity index (χ1n) is 8.27. The molecule has 2 rings (SSSR count). The van der Waals surface area contributed by atoms with Crippen LogP contribution in [0.5, 0.6) is 5.75 Å². The molecule has 0 amide bonds. The fourth-order valence-electron chi connectivity index (χ4n) is 2.57. The van der Waals surface area contributed by atoms with Crippen LogP contribution >= 0.6 is 11.6 Å².